The summed E-state index contributed by atoms with van der Waals surface area (Å²) in [6, 6.07) is 7.73. The summed E-state index contributed by atoms with van der Waals surface area (Å²) in [5.74, 6) is 1.57. The van der Waals surface area contributed by atoms with E-state index in [1.54, 1.807) is 11.4 Å². The van der Waals surface area contributed by atoms with Crippen molar-refractivity contribution in [2.45, 2.75) is 32.6 Å². The van der Waals surface area contributed by atoms with E-state index in [0.29, 0.717) is 19.0 Å². The number of rotatable bonds is 8. The van der Waals surface area contributed by atoms with Crippen molar-refractivity contribution in [3.05, 3.63) is 29.8 Å². The van der Waals surface area contributed by atoms with Gasteiger partial charge in [-0.2, -0.15) is 0 Å². The number of piperidine rings is 1. The first-order chi connectivity index (χ1) is 14.0. The van der Waals surface area contributed by atoms with Gasteiger partial charge in [0.15, 0.2) is 5.96 Å². The zero-order chi connectivity index (χ0) is 20.7. The van der Waals surface area contributed by atoms with E-state index in [4.69, 9.17) is 0 Å². The first-order valence-electron chi connectivity index (χ1n) is 10.7. The summed E-state index contributed by atoms with van der Waals surface area (Å²) in [4.78, 5) is 6.73. The minimum Gasteiger partial charge on any atom is -0.356 e. The number of anilines is 1. The lowest BCUT2D eigenvalue weighted by Gasteiger charge is -2.30. The Morgan fingerprint density at radius 2 is 1.86 bits per heavy atom. The molecule has 2 aliphatic rings. The van der Waals surface area contributed by atoms with Gasteiger partial charge < -0.3 is 15.5 Å². The topological polar surface area (TPSA) is 77.0 Å². The monoisotopic (exact) mass is 421 g/mol. The summed E-state index contributed by atoms with van der Waals surface area (Å²) in [5.41, 5.74) is 1.92. The molecule has 1 fully saturated rings. The zero-order valence-electron chi connectivity index (χ0n) is 17.7. The molecule has 1 aromatic carbocycles. The standard InChI is InChI=1S/C21H35N5O2S/c1-18-8-14-25(15-9-18)13-5-11-23-21(22-2)24-12-17-29(27,28)26-16-10-19-6-3-4-7-20(19)26/h3-4,6-7,18H,5,8-17H2,1-2H3,(H2,22,23,24). The van der Waals surface area contributed by atoms with Gasteiger partial charge in [-0.25, -0.2) is 8.42 Å². The molecule has 0 amide bonds. The molecular weight excluding hydrogens is 386 g/mol. The SMILES string of the molecule is CN=C(NCCCN1CCC(C)CC1)NCCS(=O)(=O)N1CCc2ccccc21. The Morgan fingerprint density at radius 1 is 1.14 bits per heavy atom. The second kappa shape index (κ2) is 10.3. The normalized spacial score (nSPS) is 18.7. The summed E-state index contributed by atoms with van der Waals surface area (Å²) < 4.78 is 27.0. The van der Waals surface area contributed by atoms with Crippen molar-refractivity contribution in [1.82, 2.24) is 15.5 Å². The molecule has 2 N–H and O–H groups in total. The van der Waals surface area contributed by atoms with Crippen LogP contribution in [0.15, 0.2) is 29.3 Å². The van der Waals surface area contributed by atoms with Crippen LogP contribution < -0.4 is 14.9 Å². The molecule has 2 aliphatic heterocycles. The Morgan fingerprint density at radius 3 is 2.62 bits per heavy atom. The van der Waals surface area contributed by atoms with Crippen LogP contribution in [-0.4, -0.2) is 71.3 Å². The molecule has 0 saturated carbocycles. The van der Waals surface area contributed by atoms with Crippen LogP contribution in [0.4, 0.5) is 5.69 Å². The van der Waals surface area contributed by atoms with E-state index in [1.165, 1.54) is 25.9 Å². The molecule has 0 spiro atoms. The lowest BCUT2D eigenvalue weighted by atomic mass is 9.99. The molecule has 0 unspecified atom stereocenters. The number of sulfonamides is 1. The molecule has 2 heterocycles. The summed E-state index contributed by atoms with van der Waals surface area (Å²) >= 11 is 0. The molecule has 29 heavy (non-hydrogen) atoms. The van der Waals surface area contributed by atoms with Crippen molar-refractivity contribution in [3.63, 3.8) is 0 Å². The number of nitrogens with zero attached hydrogens (tertiary/aromatic N) is 3. The Balaban J connectivity index is 1.36. The predicted octanol–water partition coefficient (Wildman–Crippen LogP) is 1.67. The first kappa shape index (κ1) is 21.9. The van der Waals surface area contributed by atoms with Crippen molar-refractivity contribution in [3.8, 4) is 0 Å². The van der Waals surface area contributed by atoms with Crippen molar-refractivity contribution in [2.24, 2.45) is 10.9 Å². The lowest BCUT2D eigenvalue weighted by Crippen LogP contribution is -2.43. The average molecular weight is 422 g/mol. The molecule has 0 aromatic heterocycles. The van der Waals surface area contributed by atoms with Crippen LogP contribution in [-0.2, 0) is 16.4 Å². The van der Waals surface area contributed by atoms with Gasteiger partial charge in [-0.3, -0.25) is 9.30 Å². The predicted molar refractivity (Wildman–Crippen MR) is 120 cm³/mol. The number of aliphatic imine (C=N–C) groups is 1. The summed E-state index contributed by atoms with van der Waals surface area (Å²) in [5, 5.41) is 6.43. The van der Waals surface area contributed by atoms with Crippen LogP contribution in [0.2, 0.25) is 0 Å². The number of nitrogens with one attached hydrogen (secondary N) is 2. The Hall–Kier alpha value is -1.80. The lowest BCUT2D eigenvalue weighted by molar-refractivity contribution is 0.191. The van der Waals surface area contributed by atoms with Gasteiger partial charge in [0.25, 0.3) is 0 Å². The van der Waals surface area contributed by atoms with Gasteiger partial charge >= 0.3 is 0 Å². The van der Waals surface area contributed by atoms with Gasteiger partial charge in [0, 0.05) is 26.7 Å². The Kier molecular flexibility index (Phi) is 7.77. The van der Waals surface area contributed by atoms with E-state index >= 15 is 0 Å². The fraction of sp³-hybridized carbons (Fsp3) is 0.667. The fourth-order valence-corrected chi connectivity index (χ4v) is 5.45. The third-order valence-corrected chi connectivity index (χ3v) is 7.65. The third kappa shape index (κ3) is 6.09. The maximum Gasteiger partial charge on any atom is 0.236 e. The zero-order valence-corrected chi connectivity index (χ0v) is 18.5. The molecule has 162 valence electrons. The minimum atomic E-state index is -3.34. The third-order valence-electron chi connectivity index (χ3n) is 5.88. The number of hydrogen-bond acceptors (Lipinski definition) is 4. The highest BCUT2D eigenvalue weighted by molar-refractivity contribution is 7.92. The minimum absolute atomic E-state index is 0.0496. The average Bonchev–Trinajstić information content (AvgIpc) is 3.16. The molecule has 8 heteroatoms. The van der Waals surface area contributed by atoms with E-state index in [-0.39, 0.29) is 5.75 Å². The quantitative estimate of drug-likeness (QED) is 0.379. The number of guanidine groups is 1. The van der Waals surface area contributed by atoms with Crippen LogP contribution in [0.5, 0.6) is 0 Å². The van der Waals surface area contributed by atoms with Gasteiger partial charge in [-0.1, -0.05) is 25.1 Å². The van der Waals surface area contributed by atoms with Crippen LogP contribution >= 0.6 is 0 Å². The molecule has 0 bridgehead atoms. The Bertz CT molecular complexity index is 788. The molecule has 1 saturated heterocycles. The van der Waals surface area contributed by atoms with E-state index in [1.807, 2.05) is 24.3 Å². The number of likely N-dealkylation sites (tertiary alicyclic amines) is 1. The van der Waals surface area contributed by atoms with Crippen molar-refractivity contribution < 1.29 is 8.42 Å². The number of fused-ring (bicyclic) bond motifs is 1. The molecule has 3 rings (SSSR count). The molecule has 0 radical (unpaired) electrons. The molecule has 7 nitrogen and oxygen atoms in total. The van der Waals surface area contributed by atoms with Crippen molar-refractivity contribution >= 4 is 21.7 Å². The summed E-state index contributed by atoms with van der Waals surface area (Å²) in [6.45, 7) is 7.53. The van der Waals surface area contributed by atoms with Gasteiger partial charge in [-0.05, 0) is 62.9 Å². The van der Waals surface area contributed by atoms with E-state index in [2.05, 4.69) is 27.4 Å². The molecule has 0 atom stereocenters. The largest absolute Gasteiger partial charge is 0.356 e. The maximum absolute atomic E-state index is 12.7. The second-order valence-electron chi connectivity index (χ2n) is 8.07. The fourth-order valence-electron chi connectivity index (χ4n) is 4.02. The van der Waals surface area contributed by atoms with Crippen LogP contribution in [0.25, 0.3) is 0 Å². The number of benzene rings is 1. The highest BCUT2D eigenvalue weighted by Gasteiger charge is 2.28. The van der Waals surface area contributed by atoms with E-state index in [9.17, 15) is 8.42 Å². The maximum atomic E-state index is 12.7. The highest BCUT2D eigenvalue weighted by atomic mass is 32.2. The Labute approximate surface area is 175 Å². The second-order valence-corrected chi connectivity index (χ2v) is 10.1. The van der Waals surface area contributed by atoms with Gasteiger partial charge in [0.2, 0.25) is 10.0 Å². The molecular formula is C21H35N5O2S. The van der Waals surface area contributed by atoms with Crippen LogP contribution in [0.1, 0.15) is 31.7 Å². The smallest absolute Gasteiger partial charge is 0.236 e. The van der Waals surface area contributed by atoms with Gasteiger partial charge in [-0.15, -0.1) is 0 Å². The van der Waals surface area contributed by atoms with Gasteiger partial charge in [0.1, 0.15) is 0 Å². The summed E-state index contributed by atoms with van der Waals surface area (Å²) in [7, 11) is -1.63. The highest BCUT2D eigenvalue weighted by Crippen LogP contribution is 2.29. The van der Waals surface area contributed by atoms with Crippen LogP contribution in [0.3, 0.4) is 0 Å². The first-order valence-corrected chi connectivity index (χ1v) is 12.4. The number of hydrogen-bond donors (Lipinski definition) is 2. The van der Waals surface area contributed by atoms with E-state index < -0.39 is 10.0 Å². The summed E-state index contributed by atoms with van der Waals surface area (Å²) in [6.07, 6.45) is 4.43. The van der Waals surface area contributed by atoms with Crippen molar-refractivity contribution in [2.75, 3.05) is 56.4 Å². The van der Waals surface area contributed by atoms with E-state index in [0.717, 1.165) is 43.1 Å². The van der Waals surface area contributed by atoms with Crippen LogP contribution in [0, 0.1) is 5.92 Å². The molecule has 1 aromatic rings. The van der Waals surface area contributed by atoms with Crippen molar-refractivity contribution in [1.29, 1.82) is 0 Å². The number of para-hydroxylation sites is 1. The van der Waals surface area contributed by atoms with Gasteiger partial charge in [0.05, 0.1) is 11.4 Å². The molecule has 0 aliphatic carbocycles.